The van der Waals surface area contributed by atoms with Crippen LogP contribution in [0.5, 0.6) is 0 Å². The summed E-state index contributed by atoms with van der Waals surface area (Å²) in [6, 6.07) is 0. The molecule has 0 saturated heterocycles. The first-order valence-corrected chi connectivity index (χ1v) is 4.82. The van der Waals surface area contributed by atoms with Crippen molar-refractivity contribution < 1.29 is 9.53 Å². The van der Waals surface area contributed by atoms with E-state index in [0.717, 1.165) is 0 Å². The van der Waals surface area contributed by atoms with Crippen LogP contribution in [0, 0.1) is 0 Å². The molecule has 1 rings (SSSR count). The predicted molar refractivity (Wildman–Crippen MR) is 50.7 cm³/mol. The minimum Gasteiger partial charge on any atom is -0.497 e. The Hall–Kier alpha value is -0.920. The Morgan fingerprint density at radius 3 is 2.92 bits per heavy atom. The van der Waals surface area contributed by atoms with Gasteiger partial charge in [0.15, 0.2) is 0 Å². The first kappa shape index (κ1) is 9.17. The van der Waals surface area contributed by atoms with Crippen molar-refractivity contribution in [1.29, 1.82) is 0 Å². The van der Waals surface area contributed by atoms with Crippen LogP contribution in [0.1, 0.15) is 0 Å². The fourth-order valence-corrected chi connectivity index (χ4v) is 1.60. The average molecular weight is 182 g/mol. The van der Waals surface area contributed by atoms with E-state index in [1.165, 1.54) is 0 Å². The van der Waals surface area contributed by atoms with E-state index in [9.17, 15) is 4.79 Å². The van der Waals surface area contributed by atoms with E-state index >= 15 is 0 Å². The van der Waals surface area contributed by atoms with Crippen LogP contribution in [0.4, 0.5) is 0 Å². The van der Waals surface area contributed by atoms with Gasteiger partial charge in [-0.05, 0) is 18.4 Å². The molecule has 0 fully saturated rings. The standard InChI is InChI=1S/C9H10O2S/c1-11-8-3-4-9(12-2)7(5-8)6-10/h3-5,9H,1-2H3. The molecule has 0 amide bonds. The summed E-state index contributed by atoms with van der Waals surface area (Å²) in [6.07, 6.45) is 7.47. The molecule has 2 nitrogen and oxygen atoms in total. The molecule has 12 heavy (non-hydrogen) atoms. The predicted octanol–water partition coefficient (Wildman–Crippen LogP) is 1.58. The number of allylic oxidation sites excluding steroid dienone is 2. The van der Waals surface area contributed by atoms with Crippen LogP contribution < -0.4 is 0 Å². The lowest BCUT2D eigenvalue weighted by molar-refractivity contribution is 0.305. The van der Waals surface area contributed by atoms with Crippen molar-refractivity contribution in [2.45, 2.75) is 5.25 Å². The molecule has 0 N–H and O–H groups in total. The third-order valence-electron chi connectivity index (χ3n) is 1.65. The second kappa shape index (κ2) is 4.19. The molecule has 0 spiro atoms. The van der Waals surface area contributed by atoms with Gasteiger partial charge in [0.25, 0.3) is 0 Å². The Labute approximate surface area is 76.0 Å². The first-order chi connectivity index (χ1) is 5.81. The highest BCUT2D eigenvalue weighted by Gasteiger charge is 2.13. The smallest absolute Gasteiger partial charge is 0.129 e. The Kier molecular flexibility index (Phi) is 3.20. The topological polar surface area (TPSA) is 26.3 Å². The largest absolute Gasteiger partial charge is 0.497 e. The third-order valence-corrected chi connectivity index (χ3v) is 2.57. The van der Waals surface area contributed by atoms with Crippen molar-refractivity contribution in [3.8, 4) is 0 Å². The van der Waals surface area contributed by atoms with Crippen molar-refractivity contribution in [1.82, 2.24) is 0 Å². The molecular formula is C9H10O2S. The lowest BCUT2D eigenvalue weighted by Gasteiger charge is -2.13. The first-order valence-electron chi connectivity index (χ1n) is 3.53. The molecule has 0 aromatic heterocycles. The molecule has 0 aliphatic heterocycles. The number of rotatable bonds is 2. The maximum Gasteiger partial charge on any atom is 0.129 e. The molecule has 0 heterocycles. The van der Waals surface area contributed by atoms with Crippen molar-refractivity contribution >= 4 is 17.7 Å². The Morgan fingerprint density at radius 2 is 2.42 bits per heavy atom. The maximum absolute atomic E-state index is 10.5. The van der Waals surface area contributed by atoms with Gasteiger partial charge in [-0.3, -0.25) is 0 Å². The van der Waals surface area contributed by atoms with Gasteiger partial charge in [-0.15, -0.1) is 0 Å². The van der Waals surface area contributed by atoms with Gasteiger partial charge < -0.3 is 4.74 Å². The zero-order valence-corrected chi connectivity index (χ0v) is 7.85. The molecule has 1 unspecified atom stereocenters. The van der Waals surface area contributed by atoms with Gasteiger partial charge in [0.1, 0.15) is 11.7 Å². The molecule has 3 heteroatoms. The van der Waals surface area contributed by atoms with Crippen molar-refractivity contribution in [3.63, 3.8) is 0 Å². The molecule has 64 valence electrons. The van der Waals surface area contributed by atoms with E-state index in [2.05, 4.69) is 0 Å². The molecule has 0 aromatic carbocycles. The Morgan fingerprint density at radius 1 is 1.67 bits per heavy atom. The maximum atomic E-state index is 10.5. The number of ether oxygens (including phenoxy) is 1. The van der Waals surface area contributed by atoms with E-state index in [1.807, 2.05) is 24.3 Å². The van der Waals surface area contributed by atoms with E-state index < -0.39 is 0 Å². The van der Waals surface area contributed by atoms with E-state index in [4.69, 9.17) is 4.74 Å². The highest BCUT2D eigenvalue weighted by molar-refractivity contribution is 7.99. The number of hydrogen-bond donors (Lipinski definition) is 0. The number of hydrogen-bond acceptors (Lipinski definition) is 3. The SMILES string of the molecule is COC1=CC(=C=O)C(SC)C=C1. The van der Waals surface area contributed by atoms with Gasteiger partial charge in [-0.25, -0.2) is 4.79 Å². The summed E-state index contributed by atoms with van der Waals surface area (Å²) in [4.78, 5) is 10.5. The molecule has 1 aliphatic rings. The van der Waals surface area contributed by atoms with Crippen LogP contribution in [0.25, 0.3) is 0 Å². The van der Waals surface area contributed by atoms with Gasteiger partial charge in [-0.2, -0.15) is 11.8 Å². The highest BCUT2D eigenvalue weighted by Crippen LogP contribution is 2.23. The zero-order chi connectivity index (χ0) is 8.97. The number of carbonyl (C=O) groups excluding carboxylic acids is 1. The van der Waals surface area contributed by atoms with Gasteiger partial charge in [-0.1, -0.05) is 6.08 Å². The van der Waals surface area contributed by atoms with Crippen LogP contribution in [0.15, 0.2) is 29.6 Å². The normalized spacial score (nSPS) is 21.7. The molecule has 0 aromatic rings. The number of methoxy groups -OCH3 is 1. The summed E-state index contributed by atoms with van der Waals surface area (Å²) in [6.45, 7) is 0. The van der Waals surface area contributed by atoms with Gasteiger partial charge in [0.05, 0.1) is 17.9 Å². The number of thioether (sulfide) groups is 1. The zero-order valence-electron chi connectivity index (χ0n) is 7.03. The minimum atomic E-state index is 0.126. The summed E-state index contributed by atoms with van der Waals surface area (Å²) in [5, 5.41) is 0.126. The van der Waals surface area contributed by atoms with Crippen LogP contribution in [0.3, 0.4) is 0 Å². The average Bonchev–Trinajstić information content (AvgIpc) is 2.16. The van der Waals surface area contributed by atoms with Crippen LogP contribution in [-0.2, 0) is 9.53 Å². The van der Waals surface area contributed by atoms with E-state index in [1.54, 1.807) is 24.9 Å². The van der Waals surface area contributed by atoms with Crippen LogP contribution in [-0.4, -0.2) is 24.6 Å². The van der Waals surface area contributed by atoms with Crippen LogP contribution in [0.2, 0.25) is 0 Å². The monoisotopic (exact) mass is 182 g/mol. The van der Waals surface area contributed by atoms with E-state index in [0.29, 0.717) is 11.3 Å². The van der Waals surface area contributed by atoms with E-state index in [-0.39, 0.29) is 5.25 Å². The fraction of sp³-hybridized carbons (Fsp3) is 0.333. The van der Waals surface area contributed by atoms with Gasteiger partial charge in [0, 0.05) is 0 Å². The Bertz CT molecular complexity index is 272. The summed E-state index contributed by atoms with van der Waals surface area (Å²) < 4.78 is 4.98. The molecule has 0 radical (unpaired) electrons. The summed E-state index contributed by atoms with van der Waals surface area (Å²) in [5.74, 6) is 2.61. The lowest BCUT2D eigenvalue weighted by atomic mass is 10.1. The second-order valence-electron chi connectivity index (χ2n) is 2.32. The minimum absolute atomic E-state index is 0.126. The van der Waals surface area contributed by atoms with Gasteiger partial charge >= 0.3 is 0 Å². The van der Waals surface area contributed by atoms with Gasteiger partial charge in [0.2, 0.25) is 0 Å². The molecule has 1 aliphatic carbocycles. The quantitative estimate of drug-likeness (QED) is 0.606. The molecule has 0 saturated carbocycles. The summed E-state index contributed by atoms with van der Waals surface area (Å²) in [5.41, 5.74) is 0.641. The Balaban J connectivity index is 2.89. The van der Waals surface area contributed by atoms with Crippen molar-refractivity contribution in [3.05, 3.63) is 29.6 Å². The summed E-state index contributed by atoms with van der Waals surface area (Å²) >= 11 is 1.60. The second-order valence-corrected chi connectivity index (χ2v) is 3.30. The van der Waals surface area contributed by atoms with Crippen LogP contribution >= 0.6 is 11.8 Å². The summed E-state index contributed by atoms with van der Waals surface area (Å²) in [7, 11) is 1.58. The third kappa shape index (κ3) is 1.81. The molecule has 0 bridgehead atoms. The molecular weight excluding hydrogens is 172 g/mol. The highest BCUT2D eigenvalue weighted by atomic mass is 32.2. The van der Waals surface area contributed by atoms with Crippen molar-refractivity contribution in [2.24, 2.45) is 0 Å². The molecule has 1 atom stereocenters. The lowest BCUT2D eigenvalue weighted by Crippen LogP contribution is -2.06. The van der Waals surface area contributed by atoms with Crippen molar-refractivity contribution in [2.75, 3.05) is 13.4 Å². The fourth-order valence-electron chi connectivity index (χ4n) is 0.989.